The van der Waals surface area contributed by atoms with Crippen molar-refractivity contribution in [1.82, 2.24) is 19.6 Å². The van der Waals surface area contributed by atoms with Crippen LogP contribution in [0.2, 0.25) is 0 Å². The van der Waals surface area contributed by atoms with E-state index in [-0.39, 0.29) is 23.9 Å². The molecule has 10 heteroatoms. The zero-order valence-electron chi connectivity index (χ0n) is 32.9. The first-order valence-corrected chi connectivity index (χ1v) is 20.2. The molecule has 0 bridgehead atoms. The minimum absolute atomic E-state index is 0.0121. The van der Waals surface area contributed by atoms with E-state index >= 15 is 0 Å². The summed E-state index contributed by atoms with van der Waals surface area (Å²) >= 11 is 0. The van der Waals surface area contributed by atoms with Gasteiger partial charge in [0, 0.05) is 76.9 Å². The van der Waals surface area contributed by atoms with Crippen molar-refractivity contribution in [3.05, 3.63) is 138 Å². The normalized spacial score (nSPS) is 22.3. The van der Waals surface area contributed by atoms with Crippen molar-refractivity contribution < 1.29 is 23.8 Å². The van der Waals surface area contributed by atoms with E-state index in [4.69, 9.17) is 14.2 Å². The first-order valence-electron chi connectivity index (χ1n) is 20.2. The number of nitrogens with zero attached hydrogens (tertiary/aromatic N) is 5. The van der Waals surface area contributed by atoms with Gasteiger partial charge in [-0.25, -0.2) is 4.79 Å². The minimum Gasteiger partial charge on any atom is -0.485 e. The summed E-state index contributed by atoms with van der Waals surface area (Å²) in [4.78, 5) is 40.0. The summed E-state index contributed by atoms with van der Waals surface area (Å²) in [7, 11) is 4.12. The highest BCUT2D eigenvalue weighted by atomic mass is 16.5. The number of ether oxygens (including phenoxy) is 3. The van der Waals surface area contributed by atoms with Crippen LogP contribution in [0, 0.1) is 5.92 Å². The Bertz CT molecular complexity index is 2230. The molecule has 10 nitrogen and oxygen atoms in total. The number of hydrogen-bond donors (Lipinski definition) is 0. The number of anilines is 1. The quantitative estimate of drug-likeness (QED) is 0.119. The number of urea groups is 1. The summed E-state index contributed by atoms with van der Waals surface area (Å²) in [5.74, 6) is 1.30. The Morgan fingerprint density at radius 3 is 2.09 bits per heavy atom. The number of amides is 3. The van der Waals surface area contributed by atoms with Gasteiger partial charge in [0.15, 0.2) is 11.5 Å². The van der Waals surface area contributed by atoms with Gasteiger partial charge < -0.3 is 24.0 Å². The topological polar surface area (TPSA) is 78.0 Å². The molecule has 0 aliphatic carbocycles. The summed E-state index contributed by atoms with van der Waals surface area (Å²) in [6, 6.07) is 38.9. The Morgan fingerprint density at radius 2 is 1.39 bits per heavy atom. The largest absolute Gasteiger partial charge is 0.485 e. The molecule has 4 fully saturated rings. The van der Waals surface area contributed by atoms with E-state index in [0.717, 1.165) is 58.2 Å². The van der Waals surface area contributed by atoms with Crippen LogP contribution < -0.4 is 14.4 Å². The maximum absolute atomic E-state index is 14.9. The highest BCUT2D eigenvalue weighted by Gasteiger charge is 2.70. The molecule has 0 radical (unpaired) electrons. The van der Waals surface area contributed by atoms with Crippen molar-refractivity contribution in [2.45, 2.75) is 37.8 Å². The van der Waals surface area contributed by atoms with E-state index in [1.54, 1.807) is 4.90 Å². The number of carbonyl (C=O) groups excluding carboxylic acids is 2. The molecule has 57 heavy (non-hydrogen) atoms. The Labute approximate surface area is 335 Å². The molecule has 0 N–H and O–H groups in total. The molecule has 3 amide bonds. The van der Waals surface area contributed by atoms with Crippen molar-refractivity contribution in [2.75, 3.05) is 71.5 Å². The van der Waals surface area contributed by atoms with Crippen LogP contribution in [0.25, 0.3) is 10.8 Å². The third kappa shape index (κ3) is 7.11. The Kier molecular flexibility index (Phi) is 10.3. The van der Waals surface area contributed by atoms with Gasteiger partial charge in [0.2, 0.25) is 0 Å². The van der Waals surface area contributed by atoms with Gasteiger partial charge in [-0.3, -0.25) is 19.5 Å². The lowest BCUT2D eigenvalue weighted by Crippen LogP contribution is -2.51. The van der Waals surface area contributed by atoms with E-state index in [1.165, 1.54) is 0 Å². The Hall–Kier alpha value is -5.42. The fourth-order valence-corrected chi connectivity index (χ4v) is 9.54. The van der Waals surface area contributed by atoms with Crippen molar-refractivity contribution in [3.63, 3.8) is 0 Å². The van der Waals surface area contributed by atoms with Crippen LogP contribution in [0.1, 0.15) is 34.7 Å². The van der Waals surface area contributed by atoms with E-state index in [1.807, 2.05) is 47.4 Å². The average Bonchev–Trinajstić information content (AvgIpc) is 3.82. The van der Waals surface area contributed by atoms with Crippen LogP contribution in [0.15, 0.2) is 115 Å². The summed E-state index contributed by atoms with van der Waals surface area (Å²) < 4.78 is 18.3. The summed E-state index contributed by atoms with van der Waals surface area (Å²) in [6.45, 7) is 6.64. The molecular weight excluding hydrogens is 715 g/mol. The van der Waals surface area contributed by atoms with Crippen LogP contribution in [-0.4, -0.2) is 104 Å². The number of morpholine rings is 1. The van der Waals surface area contributed by atoms with Gasteiger partial charge in [-0.05, 0) is 52.3 Å². The van der Waals surface area contributed by atoms with Gasteiger partial charge in [-0.1, -0.05) is 97.1 Å². The second-order valence-corrected chi connectivity index (χ2v) is 16.0. The van der Waals surface area contributed by atoms with E-state index in [9.17, 15) is 9.59 Å². The molecule has 4 heterocycles. The predicted molar refractivity (Wildman–Crippen MR) is 221 cm³/mol. The zero-order chi connectivity index (χ0) is 38.9. The van der Waals surface area contributed by atoms with Crippen molar-refractivity contribution in [2.24, 2.45) is 5.92 Å². The minimum atomic E-state index is -0.931. The van der Waals surface area contributed by atoms with Crippen LogP contribution in [0.5, 0.6) is 11.5 Å². The highest BCUT2D eigenvalue weighted by Crippen LogP contribution is 2.56. The number of benzene rings is 5. The molecular formula is C47H51N5O5. The van der Waals surface area contributed by atoms with Crippen LogP contribution >= 0.6 is 0 Å². The fourth-order valence-electron chi connectivity index (χ4n) is 9.54. The molecule has 0 saturated carbocycles. The first-order chi connectivity index (χ1) is 27.9. The number of carbonyl (C=O) groups is 2. The van der Waals surface area contributed by atoms with Crippen LogP contribution in [0.4, 0.5) is 10.5 Å². The monoisotopic (exact) mass is 765 g/mol. The Morgan fingerprint density at radius 1 is 0.719 bits per heavy atom. The zero-order valence-corrected chi connectivity index (χ0v) is 32.9. The molecule has 1 unspecified atom stereocenters. The lowest BCUT2D eigenvalue weighted by Gasteiger charge is -2.33. The lowest BCUT2D eigenvalue weighted by molar-refractivity contribution is -0.133. The smallest absolute Gasteiger partial charge is 0.328 e. The molecule has 1 spiro atoms. The number of fused-ring (bicyclic) bond motifs is 1. The number of rotatable bonds is 13. The van der Waals surface area contributed by atoms with Gasteiger partial charge in [0.25, 0.3) is 5.91 Å². The number of imide groups is 1. The van der Waals surface area contributed by atoms with E-state index in [2.05, 4.69) is 102 Å². The summed E-state index contributed by atoms with van der Waals surface area (Å²) in [5.41, 5.74) is 4.53. The van der Waals surface area contributed by atoms with Gasteiger partial charge in [0.1, 0.15) is 18.8 Å². The Balaban J connectivity index is 1.00. The molecule has 5 aromatic rings. The number of likely N-dealkylation sites (tertiary alicyclic amines) is 1. The van der Waals surface area contributed by atoms with Gasteiger partial charge in [-0.15, -0.1) is 0 Å². The molecule has 4 saturated heterocycles. The summed E-state index contributed by atoms with van der Waals surface area (Å²) in [6.07, 6.45) is 0.730. The average molecular weight is 766 g/mol. The SMILES string of the molecule is CN(C)c1ccc([C@@H]2C[C@H]3CN(Cc4ccc(OCc5ccccc5)c(OCc5ccccc5)c4)CC34C(=O)N(CCN3CCOCC3)C(=O)N24)c2ccccc12. The number of hydrogen-bond acceptors (Lipinski definition) is 8. The van der Waals surface area contributed by atoms with E-state index < -0.39 is 5.54 Å². The molecule has 9 rings (SSSR count). The second-order valence-electron chi connectivity index (χ2n) is 16.0. The van der Waals surface area contributed by atoms with Crippen LogP contribution in [0.3, 0.4) is 0 Å². The summed E-state index contributed by atoms with van der Waals surface area (Å²) in [5, 5.41) is 2.28. The van der Waals surface area contributed by atoms with Crippen molar-refractivity contribution >= 4 is 28.4 Å². The van der Waals surface area contributed by atoms with Gasteiger partial charge >= 0.3 is 6.03 Å². The maximum atomic E-state index is 14.9. The molecule has 294 valence electrons. The third-order valence-corrected chi connectivity index (χ3v) is 12.3. The second kappa shape index (κ2) is 15.8. The van der Waals surface area contributed by atoms with Gasteiger partial charge in [-0.2, -0.15) is 0 Å². The standard InChI is InChI=1S/C47H51N5O5/c1-48(2)41-19-18-40(38-15-9-10-16-39(38)41)42-28-37-30-50(33-47(37)45(53)51(46(54)52(42)47)22-21-49-23-25-55-26-24-49)29-36-17-20-43(56-31-34-11-5-3-6-12-34)44(27-36)57-32-35-13-7-4-8-14-35/h3-20,27,37,42H,21-26,28-33H2,1-2H3/t37-,42-,47?/m0/s1. The molecule has 0 aromatic heterocycles. The third-order valence-electron chi connectivity index (χ3n) is 12.3. The van der Waals surface area contributed by atoms with E-state index in [0.29, 0.717) is 70.7 Å². The molecule has 5 aromatic carbocycles. The molecule has 4 aliphatic rings. The highest BCUT2D eigenvalue weighted by molar-refractivity contribution is 6.09. The van der Waals surface area contributed by atoms with Gasteiger partial charge in [0.05, 0.1) is 19.3 Å². The van der Waals surface area contributed by atoms with Crippen molar-refractivity contribution in [3.8, 4) is 11.5 Å². The molecule has 3 atom stereocenters. The first kappa shape index (κ1) is 37.2. The predicted octanol–water partition coefficient (Wildman–Crippen LogP) is 6.98. The van der Waals surface area contributed by atoms with Crippen molar-refractivity contribution in [1.29, 1.82) is 0 Å². The van der Waals surface area contributed by atoms with Crippen LogP contribution in [-0.2, 0) is 29.3 Å². The molecule has 4 aliphatic heterocycles. The fraction of sp³-hybridized carbons (Fsp3) is 0.362. The lowest BCUT2D eigenvalue weighted by atomic mass is 9.87. The maximum Gasteiger partial charge on any atom is 0.328 e.